The smallest absolute Gasteiger partial charge is 0.0443 e. The van der Waals surface area contributed by atoms with Crippen LogP contribution in [0.15, 0.2) is 18.2 Å². The number of hydrogen-bond acceptors (Lipinski definition) is 3. The fourth-order valence-electron chi connectivity index (χ4n) is 2.70. The Morgan fingerprint density at radius 1 is 1.37 bits per heavy atom. The van der Waals surface area contributed by atoms with E-state index in [9.17, 15) is 0 Å². The zero-order valence-corrected chi connectivity index (χ0v) is 11.9. The Bertz CT molecular complexity index is 402. The highest BCUT2D eigenvalue weighted by Crippen LogP contribution is 2.27. The lowest BCUT2D eigenvalue weighted by atomic mass is 9.90. The van der Waals surface area contributed by atoms with Crippen molar-refractivity contribution in [1.82, 2.24) is 4.90 Å². The van der Waals surface area contributed by atoms with E-state index in [0.717, 1.165) is 25.6 Å². The molecule has 2 rings (SSSR count). The Hall–Kier alpha value is -0.900. The van der Waals surface area contributed by atoms with E-state index >= 15 is 0 Å². The van der Waals surface area contributed by atoms with Gasteiger partial charge >= 0.3 is 0 Å². The van der Waals surface area contributed by atoms with Crippen LogP contribution in [0.3, 0.4) is 0 Å². The normalized spacial score (nSPS) is 15.8. The van der Waals surface area contributed by atoms with Crippen molar-refractivity contribution in [3.63, 3.8) is 0 Å². The molecule has 0 atom stereocenters. The monoisotopic (exact) mass is 262 g/mol. The molecule has 0 aliphatic heterocycles. The van der Waals surface area contributed by atoms with Gasteiger partial charge in [-0.15, -0.1) is 0 Å². The summed E-state index contributed by atoms with van der Waals surface area (Å²) in [6, 6.07) is 7.26. The first kappa shape index (κ1) is 14.5. The van der Waals surface area contributed by atoms with Crippen LogP contribution in [0.5, 0.6) is 0 Å². The van der Waals surface area contributed by atoms with E-state index in [1.54, 1.807) is 0 Å². The summed E-state index contributed by atoms with van der Waals surface area (Å²) >= 11 is 0. The van der Waals surface area contributed by atoms with Gasteiger partial charge in [0, 0.05) is 32.3 Å². The number of aliphatic hydroxyl groups excluding tert-OH is 1. The number of hydrogen-bond donors (Lipinski definition) is 2. The molecular formula is C16H26N2O. The lowest BCUT2D eigenvalue weighted by Gasteiger charge is -2.38. The number of nitrogens with zero attached hydrogens (tertiary/aromatic N) is 1. The van der Waals surface area contributed by atoms with Gasteiger partial charge < -0.3 is 10.8 Å². The Labute approximate surface area is 116 Å². The molecule has 1 aromatic rings. The van der Waals surface area contributed by atoms with Crippen LogP contribution < -0.4 is 5.73 Å². The number of rotatable bonds is 7. The molecule has 1 fully saturated rings. The Morgan fingerprint density at radius 2 is 2.16 bits per heavy atom. The summed E-state index contributed by atoms with van der Waals surface area (Å²) in [6.45, 7) is 5.06. The number of aryl methyl sites for hydroxylation is 1. The molecule has 0 bridgehead atoms. The maximum Gasteiger partial charge on any atom is 0.0443 e. The van der Waals surface area contributed by atoms with Gasteiger partial charge in [-0.05, 0) is 42.9 Å². The SMILES string of the molecule is Cc1cc(CN)ccc1CN(CCCO)C1CCC1. The maximum atomic E-state index is 9.04. The van der Waals surface area contributed by atoms with Crippen LogP contribution in [-0.2, 0) is 13.1 Å². The molecule has 3 heteroatoms. The lowest BCUT2D eigenvalue weighted by Crippen LogP contribution is -2.40. The molecule has 1 aliphatic carbocycles. The molecule has 1 aliphatic rings. The van der Waals surface area contributed by atoms with Gasteiger partial charge in [-0.2, -0.15) is 0 Å². The van der Waals surface area contributed by atoms with Crippen molar-refractivity contribution >= 4 is 0 Å². The standard InChI is InChI=1S/C16H26N2O/c1-13-10-14(11-17)6-7-15(13)12-18(8-3-9-19)16-4-2-5-16/h6-7,10,16,19H,2-5,8-9,11-12,17H2,1H3. The average molecular weight is 262 g/mol. The van der Waals surface area contributed by atoms with Crippen molar-refractivity contribution in [1.29, 1.82) is 0 Å². The number of benzene rings is 1. The highest BCUT2D eigenvalue weighted by Gasteiger charge is 2.24. The number of aliphatic hydroxyl groups is 1. The van der Waals surface area contributed by atoms with E-state index in [0.29, 0.717) is 6.54 Å². The summed E-state index contributed by atoms with van der Waals surface area (Å²) in [5, 5.41) is 9.04. The lowest BCUT2D eigenvalue weighted by molar-refractivity contribution is 0.109. The third-order valence-corrected chi connectivity index (χ3v) is 4.21. The molecule has 0 spiro atoms. The highest BCUT2D eigenvalue weighted by atomic mass is 16.3. The molecule has 106 valence electrons. The fourth-order valence-corrected chi connectivity index (χ4v) is 2.70. The van der Waals surface area contributed by atoms with E-state index in [-0.39, 0.29) is 6.61 Å². The molecule has 3 nitrogen and oxygen atoms in total. The van der Waals surface area contributed by atoms with E-state index in [1.807, 2.05) is 0 Å². The largest absolute Gasteiger partial charge is 0.396 e. The van der Waals surface area contributed by atoms with Gasteiger partial charge in [0.15, 0.2) is 0 Å². The van der Waals surface area contributed by atoms with Gasteiger partial charge in [0.2, 0.25) is 0 Å². The van der Waals surface area contributed by atoms with Crippen molar-refractivity contribution in [3.8, 4) is 0 Å². The Kier molecular flexibility index (Phi) is 5.37. The molecule has 0 amide bonds. The van der Waals surface area contributed by atoms with Gasteiger partial charge in [-0.3, -0.25) is 4.90 Å². The van der Waals surface area contributed by atoms with Crippen molar-refractivity contribution in [2.75, 3.05) is 13.2 Å². The summed E-state index contributed by atoms with van der Waals surface area (Å²) in [4.78, 5) is 2.53. The first-order chi connectivity index (χ1) is 9.24. The van der Waals surface area contributed by atoms with Gasteiger partial charge in [0.05, 0.1) is 0 Å². The molecule has 0 heterocycles. The molecule has 1 aromatic carbocycles. The van der Waals surface area contributed by atoms with E-state index < -0.39 is 0 Å². The van der Waals surface area contributed by atoms with Crippen LogP contribution in [-0.4, -0.2) is 29.2 Å². The first-order valence-electron chi connectivity index (χ1n) is 7.38. The van der Waals surface area contributed by atoms with Gasteiger partial charge in [0.1, 0.15) is 0 Å². The number of nitrogens with two attached hydrogens (primary N) is 1. The molecular weight excluding hydrogens is 236 g/mol. The predicted octanol–water partition coefficient (Wildman–Crippen LogP) is 2.19. The second-order valence-corrected chi connectivity index (χ2v) is 5.60. The highest BCUT2D eigenvalue weighted by molar-refractivity contribution is 5.31. The van der Waals surface area contributed by atoms with Gasteiger partial charge in [-0.1, -0.05) is 24.6 Å². The molecule has 0 unspecified atom stereocenters. The maximum absolute atomic E-state index is 9.04. The summed E-state index contributed by atoms with van der Waals surface area (Å²) in [6.07, 6.45) is 4.85. The second-order valence-electron chi connectivity index (χ2n) is 5.60. The topological polar surface area (TPSA) is 49.5 Å². The van der Waals surface area contributed by atoms with Crippen LogP contribution >= 0.6 is 0 Å². The quantitative estimate of drug-likeness (QED) is 0.792. The summed E-state index contributed by atoms with van der Waals surface area (Å²) in [7, 11) is 0. The molecule has 19 heavy (non-hydrogen) atoms. The van der Waals surface area contributed by atoms with E-state index in [4.69, 9.17) is 10.8 Å². The first-order valence-corrected chi connectivity index (χ1v) is 7.38. The minimum absolute atomic E-state index is 0.286. The molecule has 3 N–H and O–H groups in total. The van der Waals surface area contributed by atoms with Crippen LogP contribution in [0.4, 0.5) is 0 Å². The second kappa shape index (κ2) is 7.04. The van der Waals surface area contributed by atoms with Crippen molar-refractivity contribution in [2.24, 2.45) is 5.73 Å². The molecule has 1 saturated carbocycles. The fraction of sp³-hybridized carbons (Fsp3) is 0.625. The van der Waals surface area contributed by atoms with Crippen molar-refractivity contribution in [3.05, 3.63) is 34.9 Å². The van der Waals surface area contributed by atoms with Crippen molar-refractivity contribution < 1.29 is 5.11 Å². The summed E-state index contributed by atoms with van der Waals surface area (Å²) < 4.78 is 0. The Morgan fingerprint density at radius 3 is 2.68 bits per heavy atom. The van der Waals surface area contributed by atoms with Crippen LogP contribution in [0.1, 0.15) is 42.4 Å². The summed E-state index contributed by atoms with van der Waals surface area (Å²) in [5.41, 5.74) is 9.60. The zero-order valence-electron chi connectivity index (χ0n) is 11.9. The minimum Gasteiger partial charge on any atom is -0.396 e. The summed E-state index contributed by atoms with van der Waals surface area (Å²) in [5.74, 6) is 0. The van der Waals surface area contributed by atoms with Crippen LogP contribution in [0, 0.1) is 6.92 Å². The molecule has 0 radical (unpaired) electrons. The van der Waals surface area contributed by atoms with Gasteiger partial charge in [-0.25, -0.2) is 0 Å². The van der Waals surface area contributed by atoms with E-state index in [1.165, 1.54) is 36.0 Å². The third-order valence-electron chi connectivity index (χ3n) is 4.21. The predicted molar refractivity (Wildman–Crippen MR) is 78.8 cm³/mol. The zero-order chi connectivity index (χ0) is 13.7. The molecule has 0 aromatic heterocycles. The Balaban J connectivity index is 2.02. The third kappa shape index (κ3) is 3.78. The van der Waals surface area contributed by atoms with Gasteiger partial charge in [0.25, 0.3) is 0 Å². The van der Waals surface area contributed by atoms with Crippen LogP contribution in [0.25, 0.3) is 0 Å². The van der Waals surface area contributed by atoms with Crippen molar-refractivity contribution in [2.45, 2.75) is 51.7 Å². The molecule has 0 saturated heterocycles. The van der Waals surface area contributed by atoms with E-state index in [2.05, 4.69) is 30.0 Å². The minimum atomic E-state index is 0.286. The van der Waals surface area contributed by atoms with Crippen LogP contribution in [0.2, 0.25) is 0 Å². The average Bonchev–Trinajstić information content (AvgIpc) is 2.36.